The van der Waals surface area contributed by atoms with Gasteiger partial charge in [0.05, 0.1) is 12.1 Å². The van der Waals surface area contributed by atoms with Crippen LogP contribution in [0.2, 0.25) is 0 Å². The Balaban J connectivity index is 1.89. The summed E-state index contributed by atoms with van der Waals surface area (Å²) in [6.07, 6.45) is 5.19. The molecule has 0 unspecified atom stereocenters. The van der Waals surface area contributed by atoms with Crippen molar-refractivity contribution in [2.45, 2.75) is 52.9 Å². The van der Waals surface area contributed by atoms with E-state index in [1.807, 2.05) is 26.0 Å². The maximum Gasteiger partial charge on any atom is 0.228 e. The molecule has 2 N–H and O–H groups in total. The van der Waals surface area contributed by atoms with E-state index in [1.54, 1.807) is 0 Å². The lowest BCUT2D eigenvalue weighted by atomic mass is 10.1. The first-order valence-corrected chi connectivity index (χ1v) is 7.99. The number of aromatic nitrogens is 2. The molecule has 0 atom stereocenters. The summed E-state index contributed by atoms with van der Waals surface area (Å²) in [7, 11) is 0. The molecule has 4 nitrogen and oxygen atoms in total. The second kappa shape index (κ2) is 7.78. The van der Waals surface area contributed by atoms with Crippen LogP contribution in [0.25, 0.3) is 0 Å². The molecular formula is C18H25N3O. The van der Waals surface area contributed by atoms with Crippen molar-refractivity contribution in [1.29, 1.82) is 0 Å². The number of nitrogens with one attached hydrogen (secondary N) is 2. The Bertz CT molecular complexity index is 594. The molecule has 1 aromatic carbocycles. The van der Waals surface area contributed by atoms with E-state index in [2.05, 4.69) is 34.6 Å². The van der Waals surface area contributed by atoms with E-state index in [0.29, 0.717) is 6.42 Å². The van der Waals surface area contributed by atoms with Crippen molar-refractivity contribution in [3.8, 4) is 0 Å². The predicted molar refractivity (Wildman–Crippen MR) is 90.1 cm³/mol. The Morgan fingerprint density at radius 1 is 1.18 bits per heavy atom. The smallest absolute Gasteiger partial charge is 0.228 e. The van der Waals surface area contributed by atoms with Crippen LogP contribution in [0, 0.1) is 13.8 Å². The van der Waals surface area contributed by atoms with Crippen LogP contribution in [0.1, 0.15) is 48.7 Å². The van der Waals surface area contributed by atoms with Gasteiger partial charge in [0.1, 0.15) is 0 Å². The van der Waals surface area contributed by atoms with Crippen LogP contribution in [0.5, 0.6) is 0 Å². The lowest BCUT2D eigenvalue weighted by molar-refractivity contribution is -0.115. The molecule has 22 heavy (non-hydrogen) atoms. The molecule has 0 aliphatic heterocycles. The van der Waals surface area contributed by atoms with Gasteiger partial charge < -0.3 is 5.32 Å². The monoisotopic (exact) mass is 299 g/mol. The van der Waals surface area contributed by atoms with Crippen molar-refractivity contribution in [3.05, 3.63) is 46.8 Å². The van der Waals surface area contributed by atoms with Gasteiger partial charge in [-0.05, 0) is 44.4 Å². The molecule has 2 aromatic rings. The summed E-state index contributed by atoms with van der Waals surface area (Å²) >= 11 is 0. The number of anilines is 1. The molecule has 0 spiro atoms. The van der Waals surface area contributed by atoms with Gasteiger partial charge >= 0.3 is 0 Å². The number of aromatic amines is 1. The van der Waals surface area contributed by atoms with Crippen LogP contribution in [-0.2, 0) is 17.6 Å². The average Bonchev–Trinajstić information content (AvgIpc) is 2.81. The summed E-state index contributed by atoms with van der Waals surface area (Å²) in [4.78, 5) is 12.1. The Hall–Kier alpha value is -2.10. The summed E-state index contributed by atoms with van der Waals surface area (Å²) in [5.41, 5.74) is 5.00. The molecule has 0 saturated heterocycles. The van der Waals surface area contributed by atoms with E-state index in [0.717, 1.165) is 29.1 Å². The van der Waals surface area contributed by atoms with E-state index in [1.165, 1.54) is 24.8 Å². The number of nitrogens with zero attached hydrogens (tertiary/aromatic N) is 1. The van der Waals surface area contributed by atoms with Crippen LogP contribution in [0.4, 0.5) is 5.69 Å². The van der Waals surface area contributed by atoms with Crippen molar-refractivity contribution < 1.29 is 4.79 Å². The van der Waals surface area contributed by atoms with E-state index < -0.39 is 0 Å². The van der Waals surface area contributed by atoms with Gasteiger partial charge in [0.25, 0.3) is 0 Å². The van der Waals surface area contributed by atoms with Crippen LogP contribution in [0.15, 0.2) is 24.3 Å². The third-order valence-corrected chi connectivity index (χ3v) is 3.92. The fraction of sp³-hybridized carbons (Fsp3) is 0.444. The number of carbonyl (C=O) groups excluding carboxylic acids is 1. The first-order chi connectivity index (χ1) is 10.6. The number of unbranched alkanes of at least 4 members (excludes halogenated alkanes) is 2. The molecular weight excluding hydrogens is 274 g/mol. The molecule has 4 heteroatoms. The highest BCUT2D eigenvalue weighted by molar-refractivity contribution is 5.92. The molecule has 0 saturated carbocycles. The summed E-state index contributed by atoms with van der Waals surface area (Å²) in [6.45, 7) is 6.06. The maximum absolute atomic E-state index is 12.1. The summed E-state index contributed by atoms with van der Waals surface area (Å²) in [5, 5.41) is 9.97. The van der Waals surface area contributed by atoms with Gasteiger partial charge in [-0.1, -0.05) is 31.9 Å². The normalized spacial score (nSPS) is 10.7. The summed E-state index contributed by atoms with van der Waals surface area (Å²) in [5.74, 6) is -0.00803. The van der Waals surface area contributed by atoms with Crippen molar-refractivity contribution in [2.75, 3.05) is 5.32 Å². The van der Waals surface area contributed by atoms with Crippen molar-refractivity contribution in [2.24, 2.45) is 0 Å². The molecule has 2 rings (SSSR count). The molecule has 1 amide bonds. The van der Waals surface area contributed by atoms with Gasteiger partial charge in [0, 0.05) is 16.9 Å². The molecule has 0 bridgehead atoms. The second-order valence-electron chi connectivity index (χ2n) is 5.79. The Morgan fingerprint density at radius 3 is 2.50 bits per heavy atom. The van der Waals surface area contributed by atoms with Gasteiger partial charge in [-0.15, -0.1) is 0 Å². The van der Waals surface area contributed by atoms with Gasteiger partial charge in [0.2, 0.25) is 5.91 Å². The minimum Gasteiger partial charge on any atom is -0.326 e. The number of carbonyl (C=O) groups is 1. The Morgan fingerprint density at radius 2 is 1.91 bits per heavy atom. The molecule has 1 aromatic heterocycles. The number of amides is 1. The topological polar surface area (TPSA) is 57.8 Å². The third kappa shape index (κ3) is 4.45. The highest BCUT2D eigenvalue weighted by Gasteiger charge is 2.11. The van der Waals surface area contributed by atoms with Crippen LogP contribution >= 0.6 is 0 Å². The van der Waals surface area contributed by atoms with Crippen molar-refractivity contribution in [3.63, 3.8) is 0 Å². The fourth-order valence-electron chi connectivity index (χ4n) is 2.53. The van der Waals surface area contributed by atoms with Gasteiger partial charge in [-0.25, -0.2) is 0 Å². The lowest BCUT2D eigenvalue weighted by Gasteiger charge is -2.07. The minimum atomic E-state index is -0.00803. The van der Waals surface area contributed by atoms with E-state index >= 15 is 0 Å². The maximum atomic E-state index is 12.1. The zero-order valence-electron chi connectivity index (χ0n) is 13.7. The molecule has 0 radical (unpaired) electrons. The lowest BCUT2D eigenvalue weighted by Crippen LogP contribution is -2.15. The van der Waals surface area contributed by atoms with Crippen LogP contribution < -0.4 is 5.32 Å². The van der Waals surface area contributed by atoms with Gasteiger partial charge in [-0.3, -0.25) is 9.89 Å². The number of rotatable bonds is 7. The largest absolute Gasteiger partial charge is 0.326 e. The predicted octanol–water partition coefficient (Wildman–Crippen LogP) is 3.94. The Labute approximate surface area is 132 Å². The number of hydrogen-bond acceptors (Lipinski definition) is 2. The number of benzene rings is 1. The highest BCUT2D eigenvalue weighted by Crippen LogP contribution is 2.14. The molecule has 0 fully saturated rings. The minimum absolute atomic E-state index is 0.00803. The zero-order chi connectivity index (χ0) is 15.9. The van der Waals surface area contributed by atoms with Crippen molar-refractivity contribution >= 4 is 11.6 Å². The van der Waals surface area contributed by atoms with E-state index in [4.69, 9.17) is 0 Å². The number of hydrogen-bond donors (Lipinski definition) is 2. The highest BCUT2D eigenvalue weighted by atomic mass is 16.1. The first kappa shape index (κ1) is 16.3. The average molecular weight is 299 g/mol. The third-order valence-electron chi connectivity index (χ3n) is 3.92. The van der Waals surface area contributed by atoms with E-state index in [-0.39, 0.29) is 5.91 Å². The quantitative estimate of drug-likeness (QED) is 0.761. The van der Waals surface area contributed by atoms with Crippen LogP contribution in [0.3, 0.4) is 0 Å². The second-order valence-corrected chi connectivity index (χ2v) is 5.79. The van der Waals surface area contributed by atoms with Crippen molar-refractivity contribution in [1.82, 2.24) is 10.2 Å². The number of H-pyrrole nitrogens is 1. The number of aryl methyl sites for hydroxylation is 3. The summed E-state index contributed by atoms with van der Waals surface area (Å²) in [6, 6.07) is 8.15. The van der Waals surface area contributed by atoms with Gasteiger partial charge in [0.15, 0.2) is 0 Å². The fourth-order valence-corrected chi connectivity index (χ4v) is 2.53. The SMILES string of the molecule is CCCCCc1ccc(NC(=O)Cc2c(C)n[nH]c2C)cc1. The molecule has 0 aliphatic rings. The molecule has 0 aliphatic carbocycles. The Kier molecular flexibility index (Phi) is 5.75. The van der Waals surface area contributed by atoms with E-state index in [9.17, 15) is 4.79 Å². The molecule has 1 heterocycles. The van der Waals surface area contributed by atoms with Gasteiger partial charge in [-0.2, -0.15) is 5.10 Å². The summed E-state index contributed by atoms with van der Waals surface area (Å²) < 4.78 is 0. The standard InChI is InChI=1S/C18H25N3O/c1-4-5-6-7-15-8-10-16(11-9-15)19-18(22)12-17-13(2)20-21-14(17)3/h8-11H,4-7,12H2,1-3H3,(H,19,22)(H,20,21). The van der Waals surface area contributed by atoms with Crippen LogP contribution in [-0.4, -0.2) is 16.1 Å². The first-order valence-electron chi connectivity index (χ1n) is 7.99. The zero-order valence-corrected chi connectivity index (χ0v) is 13.7. The molecule has 118 valence electrons.